The molecule has 84 valence electrons. The Kier molecular flexibility index (Phi) is 4.77. The zero-order valence-electron chi connectivity index (χ0n) is 10.9. The van der Waals surface area contributed by atoms with E-state index in [0.29, 0.717) is 10.7 Å². The quantitative estimate of drug-likeness (QED) is 0.611. The third-order valence-electron chi connectivity index (χ3n) is 2.32. The van der Waals surface area contributed by atoms with Crippen LogP contribution in [0.15, 0.2) is 12.2 Å². The standard InChI is InChI=1S/C13H26S/c1-10(9-14-13(6,7)8)11(2)12(3,4)5/h10H,2,9H2,1,3-8H3. The highest BCUT2D eigenvalue weighted by molar-refractivity contribution is 8.00. The summed E-state index contributed by atoms with van der Waals surface area (Å²) in [5.41, 5.74) is 1.62. The van der Waals surface area contributed by atoms with Gasteiger partial charge in [0.05, 0.1) is 0 Å². The molecule has 0 spiro atoms. The van der Waals surface area contributed by atoms with E-state index in [2.05, 4.69) is 55.0 Å². The minimum absolute atomic E-state index is 0.248. The molecule has 1 unspecified atom stereocenters. The molecule has 0 heterocycles. The molecule has 1 heteroatoms. The van der Waals surface area contributed by atoms with Crippen LogP contribution in [0.2, 0.25) is 0 Å². The Morgan fingerprint density at radius 3 is 1.86 bits per heavy atom. The highest BCUT2D eigenvalue weighted by Gasteiger charge is 2.22. The molecule has 0 aromatic heterocycles. The normalized spacial score (nSPS) is 15.4. The molecule has 0 fully saturated rings. The second-order valence-electron chi connectivity index (χ2n) is 6.10. The highest BCUT2D eigenvalue weighted by atomic mass is 32.2. The predicted molar refractivity (Wildman–Crippen MR) is 70.0 cm³/mol. The lowest BCUT2D eigenvalue weighted by Gasteiger charge is -2.29. The van der Waals surface area contributed by atoms with Gasteiger partial charge in [-0.3, -0.25) is 0 Å². The molecular weight excluding hydrogens is 188 g/mol. The van der Waals surface area contributed by atoms with Crippen LogP contribution in [-0.2, 0) is 0 Å². The maximum absolute atomic E-state index is 4.21. The monoisotopic (exact) mass is 214 g/mol. The van der Waals surface area contributed by atoms with Crippen LogP contribution in [-0.4, -0.2) is 10.5 Å². The van der Waals surface area contributed by atoms with Crippen LogP contribution in [0.25, 0.3) is 0 Å². The third kappa shape index (κ3) is 5.74. The van der Waals surface area contributed by atoms with E-state index < -0.39 is 0 Å². The van der Waals surface area contributed by atoms with Crippen molar-refractivity contribution in [2.45, 2.75) is 53.2 Å². The van der Waals surface area contributed by atoms with Crippen molar-refractivity contribution in [2.75, 3.05) is 5.75 Å². The fourth-order valence-electron chi connectivity index (χ4n) is 1.21. The van der Waals surface area contributed by atoms with Gasteiger partial charge in [0, 0.05) is 10.5 Å². The molecule has 0 saturated heterocycles. The molecule has 0 aliphatic carbocycles. The molecule has 14 heavy (non-hydrogen) atoms. The van der Waals surface area contributed by atoms with Gasteiger partial charge in [-0.25, -0.2) is 0 Å². The molecule has 0 N–H and O–H groups in total. The summed E-state index contributed by atoms with van der Waals surface area (Å²) in [6.07, 6.45) is 0. The SMILES string of the molecule is C=C(C(C)CSC(C)(C)C)C(C)(C)C. The van der Waals surface area contributed by atoms with E-state index in [-0.39, 0.29) is 5.41 Å². The minimum Gasteiger partial charge on any atom is -0.155 e. The van der Waals surface area contributed by atoms with Crippen molar-refractivity contribution in [1.82, 2.24) is 0 Å². The van der Waals surface area contributed by atoms with Crippen LogP contribution in [0.3, 0.4) is 0 Å². The average molecular weight is 214 g/mol. The first-order valence-electron chi connectivity index (χ1n) is 5.37. The van der Waals surface area contributed by atoms with Crippen molar-refractivity contribution in [1.29, 1.82) is 0 Å². The smallest absolute Gasteiger partial charge is 0.00753 e. The lowest BCUT2D eigenvalue weighted by atomic mass is 9.81. The summed E-state index contributed by atoms with van der Waals surface area (Å²) < 4.78 is 0.367. The largest absolute Gasteiger partial charge is 0.155 e. The van der Waals surface area contributed by atoms with Gasteiger partial charge >= 0.3 is 0 Å². The second kappa shape index (κ2) is 4.74. The van der Waals surface area contributed by atoms with Crippen LogP contribution in [0, 0.1) is 11.3 Å². The predicted octanol–water partition coefficient (Wildman–Crippen LogP) is 4.76. The Balaban J connectivity index is 4.11. The number of hydrogen-bond acceptors (Lipinski definition) is 1. The van der Waals surface area contributed by atoms with Crippen molar-refractivity contribution in [3.05, 3.63) is 12.2 Å². The summed E-state index contributed by atoms with van der Waals surface area (Å²) in [7, 11) is 0. The minimum atomic E-state index is 0.248. The first kappa shape index (κ1) is 14.1. The van der Waals surface area contributed by atoms with Crippen LogP contribution in [0.1, 0.15) is 48.5 Å². The lowest BCUT2D eigenvalue weighted by Crippen LogP contribution is -2.19. The third-order valence-corrected chi connectivity index (χ3v) is 3.86. The molecule has 0 amide bonds. The molecule has 0 aliphatic heterocycles. The van der Waals surface area contributed by atoms with Crippen LogP contribution >= 0.6 is 11.8 Å². The summed E-state index contributed by atoms with van der Waals surface area (Å²) in [6, 6.07) is 0. The molecule has 0 aliphatic rings. The summed E-state index contributed by atoms with van der Waals surface area (Å²) >= 11 is 2.03. The zero-order valence-corrected chi connectivity index (χ0v) is 11.7. The van der Waals surface area contributed by atoms with E-state index in [1.165, 1.54) is 11.3 Å². The number of rotatable bonds is 3. The van der Waals surface area contributed by atoms with E-state index in [0.717, 1.165) is 0 Å². The van der Waals surface area contributed by atoms with E-state index in [4.69, 9.17) is 0 Å². The van der Waals surface area contributed by atoms with E-state index in [1.807, 2.05) is 11.8 Å². The Morgan fingerprint density at radius 1 is 1.14 bits per heavy atom. The molecule has 0 saturated carbocycles. The maximum atomic E-state index is 4.21. The maximum Gasteiger partial charge on any atom is 0.00753 e. The fourth-order valence-corrected chi connectivity index (χ4v) is 2.17. The molecule has 0 rings (SSSR count). The van der Waals surface area contributed by atoms with Crippen LogP contribution in [0.5, 0.6) is 0 Å². The lowest BCUT2D eigenvalue weighted by molar-refractivity contribution is 0.453. The zero-order chi connectivity index (χ0) is 11.6. The van der Waals surface area contributed by atoms with Gasteiger partial charge in [0.25, 0.3) is 0 Å². The van der Waals surface area contributed by atoms with Gasteiger partial charge in [0.15, 0.2) is 0 Å². The molecular formula is C13H26S. The van der Waals surface area contributed by atoms with Crippen molar-refractivity contribution in [3.8, 4) is 0 Å². The summed E-state index contributed by atoms with van der Waals surface area (Å²) in [6.45, 7) is 20.0. The topological polar surface area (TPSA) is 0 Å². The second-order valence-corrected chi connectivity index (χ2v) is 7.95. The van der Waals surface area contributed by atoms with Gasteiger partial charge in [0.1, 0.15) is 0 Å². The van der Waals surface area contributed by atoms with Gasteiger partial charge < -0.3 is 0 Å². The van der Waals surface area contributed by atoms with Gasteiger partial charge in [0.2, 0.25) is 0 Å². The van der Waals surface area contributed by atoms with E-state index >= 15 is 0 Å². The van der Waals surface area contributed by atoms with Crippen LogP contribution in [0.4, 0.5) is 0 Å². The summed E-state index contributed by atoms with van der Waals surface area (Å²) in [5.74, 6) is 1.79. The Labute approximate surface area is 94.6 Å². The molecule has 0 radical (unpaired) electrons. The number of thioether (sulfide) groups is 1. The van der Waals surface area contributed by atoms with E-state index in [9.17, 15) is 0 Å². The van der Waals surface area contributed by atoms with Crippen molar-refractivity contribution in [3.63, 3.8) is 0 Å². The highest BCUT2D eigenvalue weighted by Crippen LogP contribution is 2.34. The average Bonchev–Trinajstić information content (AvgIpc) is 1.95. The number of hydrogen-bond donors (Lipinski definition) is 0. The van der Waals surface area contributed by atoms with Gasteiger partial charge in [-0.2, -0.15) is 11.8 Å². The first-order valence-corrected chi connectivity index (χ1v) is 6.36. The van der Waals surface area contributed by atoms with Crippen LogP contribution < -0.4 is 0 Å². The summed E-state index contributed by atoms with van der Waals surface area (Å²) in [4.78, 5) is 0. The Bertz CT molecular complexity index is 190. The van der Waals surface area contributed by atoms with Crippen molar-refractivity contribution in [2.24, 2.45) is 11.3 Å². The number of allylic oxidation sites excluding steroid dienone is 1. The first-order chi connectivity index (χ1) is 6.04. The van der Waals surface area contributed by atoms with Gasteiger partial charge in [-0.15, -0.1) is 0 Å². The Hall–Kier alpha value is 0.0900. The van der Waals surface area contributed by atoms with Crippen molar-refractivity contribution < 1.29 is 0 Å². The van der Waals surface area contributed by atoms with Gasteiger partial charge in [-0.1, -0.05) is 60.6 Å². The fraction of sp³-hybridized carbons (Fsp3) is 0.846. The Morgan fingerprint density at radius 2 is 1.57 bits per heavy atom. The molecule has 0 nitrogen and oxygen atoms in total. The molecule has 0 aromatic rings. The molecule has 0 bridgehead atoms. The van der Waals surface area contributed by atoms with Gasteiger partial charge in [-0.05, 0) is 11.3 Å². The van der Waals surface area contributed by atoms with Crippen molar-refractivity contribution >= 4 is 11.8 Å². The molecule has 1 atom stereocenters. The van der Waals surface area contributed by atoms with E-state index in [1.54, 1.807) is 0 Å². The summed E-state index contributed by atoms with van der Waals surface area (Å²) in [5, 5.41) is 0. The molecule has 0 aromatic carbocycles.